The summed E-state index contributed by atoms with van der Waals surface area (Å²) in [5.74, 6) is -1.11. The van der Waals surface area contributed by atoms with Gasteiger partial charge in [-0.15, -0.1) is 0 Å². The Morgan fingerprint density at radius 3 is 2.80 bits per heavy atom. The van der Waals surface area contributed by atoms with Crippen molar-refractivity contribution in [3.05, 3.63) is 65.4 Å². The van der Waals surface area contributed by atoms with E-state index in [2.05, 4.69) is 10.3 Å². The van der Waals surface area contributed by atoms with Gasteiger partial charge in [0.2, 0.25) is 0 Å². The lowest BCUT2D eigenvalue weighted by molar-refractivity contribution is 0.582. The maximum Gasteiger partial charge on any atom is 0.152 e. The molecule has 0 fully saturated rings. The summed E-state index contributed by atoms with van der Waals surface area (Å²) in [5.41, 5.74) is 2.37. The maximum absolute atomic E-state index is 13.9. The normalized spacial score (nSPS) is 10.9. The lowest BCUT2D eigenvalue weighted by Gasteiger charge is -2.10. The van der Waals surface area contributed by atoms with Crippen molar-refractivity contribution in [3.8, 4) is 0 Å². The van der Waals surface area contributed by atoms with Crippen LogP contribution in [0.5, 0.6) is 0 Å². The van der Waals surface area contributed by atoms with Gasteiger partial charge in [-0.05, 0) is 47.7 Å². The fraction of sp³-hybridized carbons (Fsp3) is 0.125. The molecule has 2 nitrogen and oxygen atoms in total. The van der Waals surface area contributed by atoms with E-state index < -0.39 is 11.6 Å². The molecular weight excluding hydrogens is 258 g/mol. The monoisotopic (exact) mass is 272 g/mol. The topological polar surface area (TPSA) is 27.8 Å². The van der Waals surface area contributed by atoms with Crippen molar-refractivity contribution < 1.29 is 8.78 Å². The van der Waals surface area contributed by atoms with Gasteiger partial charge >= 0.3 is 0 Å². The molecule has 0 unspecified atom stereocenters. The molecule has 0 aliphatic heterocycles. The van der Waals surface area contributed by atoms with Crippen molar-refractivity contribution in [2.75, 3.05) is 5.32 Å². The lowest BCUT2D eigenvalue weighted by atomic mass is 10.1. The fourth-order valence-corrected chi connectivity index (χ4v) is 2.22. The molecule has 20 heavy (non-hydrogen) atoms. The number of aromatic nitrogens is 1. The predicted molar refractivity (Wildman–Crippen MR) is 76.7 cm³/mol. The van der Waals surface area contributed by atoms with Gasteiger partial charge in [-0.3, -0.25) is 0 Å². The molecule has 0 saturated heterocycles. The molecule has 0 radical (unpaired) electrons. The van der Waals surface area contributed by atoms with Gasteiger partial charge in [0.05, 0.1) is 0 Å². The van der Waals surface area contributed by atoms with Crippen molar-refractivity contribution in [3.63, 3.8) is 0 Å². The zero-order chi connectivity index (χ0) is 14.1. The van der Waals surface area contributed by atoms with Crippen LogP contribution in [0.25, 0.3) is 10.9 Å². The molecule has 4 heteroatoms. The SMILES string of the molecule is Cc1ccc(F)c(NCc2ccc3[nH]ccc3c2)c1F. The largest absolute Gasteiger partial charge is 0.376 e. The van der Waals surface area contributed by atoms with E-state index in [4.69, 9.17) is 0 Å². The van der Waals surface area contributed by atoms with Crippen LogP contribution in [0.2, 0.25) is 0 Å². The minimum Gasteiger partial charge on any atom is -0.376 e. The van der Waals surface area contributed by atoms with Gasteiger partial charge in [-0.2, -0.15) is 0 Å². The Morgan fingerprint density at radius 2 is 1.95 bits per heavy atom. The summed E-state index contributed by atoms with van der Waals surface area (Å²) in [4.78, 5) is 3.11. The maximum atomic E-state index is 13.9. The Labute approximate surface area is 115 Å². The second-order valence-electron chi connectivity index (χ2n) is 4.81. The summed E-state index contributed by atoms with van der Waals surface area (Å²) in [5, 5.41) is 3.91. The van der Waals surface area contributed by atoms with E-state index in [-0.39, 0.29) is 5.69 Å². The van der Waals surface area contributed by atoms with Gasteiger partial charge in [0, 0.05) is 18.3 Å². The third kappa shape index (κ3) is 2.25. The van der Waals surface area contributed by atoms with E-state index in [9.17, 15) is 8.78 Å². The molecule has 2 N–H and O–H groups in total. The first kappa shape index (κ1) is 12.7. The number of aromatic amines is 1. The number of anilines is 1. The molecule has 0 aliphatic rings. The highest BCUT2D eigenvalue weighted by Crippen LogP contribution is 2.23. The van der Waals surface area contributed by atoms with Crippen LogP contribution in [0.4, 0.5) is 14.5 Å². The third-order valence-electron chi connectivity index (χ3n) is 3.37. The van der Waals surface area contributed by atoms with Crippen LogP contribution in [-0.4, -0.2) is 4.98 Å². The van der Waals surface area contributed by atoms with E-state index in [0.717, 1.165) is 16.5 Å². The van der Waals surface area contributed by atoms with Crippen LogP contribution in [0.1, 0.15) is 11.1 Å². The summed E-state index contributed by atoms with van der Waals surface area (Å²) >= 11 is 0. The molecule has 1 heterocycles. The van der Waals surface area contributed by atoms with Crippen LogP contribution in [-0.2, 0) is 6.54 Å². The highest BCUT2D eigenvalue weighted by molar-refractivity contribution is 5.80. The van der Waals surface area contributed by atoms with Crippen molar-refractivity contribution >= 4 is 16.6 Å². The highest BCUT2D eigenvalue weighted by Gasteiger charge is 2.10. The van der Waals surface area contributed by atoms with E-state index in [1.165, 1.54) is 12.1 Å². The van der Waals surface area contributed by atoms with E-state index >= 15 is 0 Å². The summed E-state index contributed by atoms with van der Waals surface area (Å²) in [6.07, 6.45) is 1.86. The molecule has 3 aromatic rings. The van der Waals surface area contributed by atoms with Gasteiger partial charge in [0.25, 0.3) is 0 Å². The molecule has 0 aliphatic carbocycles. The molecule has 1 aromatic heterocycles. The Balaban J connectivity index is 1.84. The van der Waals surface area contributed by atoms with E-state index in [1.54, 1.807) is 6.92 Å². The number of hydrogen-bond donors (Lipinski definition) is 2. The quantitative estimate of drug-likeness (QED) is 0.728. The Kier molecular flexibility index (Phi) is 3.14. The molecule has 102 valence electrons. The number of benzene rings is 2. The van der Waals surface area contributed by atoms with Crippen molar-refractivity contribution in [2.24, 2.45) is 0 Å². The standard InChI is InChI=1S/C16H14F2N2/c1-10-2-4-13(17)16(15(10)18)20-9-11-3-5-14-12(8-11)6-7-19-14/h2-8,19-20H,9H2,1H3. The zero-order valence-corrected chi connectivity index (χ0v) is 11.0. The second-order valence-corrected chi connectivity index (χ2v) is 4.81. The smallest absolute Gasteiger partial charge is 0.152 e. The predicted octanol–water partition coefficient (Wildman–Crippen LogP) is 4.37. The van der Waals surface area contributed by atoms with Crippen LogP contribution in [0, 0.1) is 18.6 Å². The molecule has 2 aromatic carbocycles. The molecule has 0 spiro atoms. The van der Waals surface area contributed by atoms with Crippen molar-refractivity contribution in [1.29, 1.82) is 0 Å². The first-order chi connectivity index (χ1) is 9.65. The lowest BCUT2D eigenvalue weighted by Crippen LogP contribution is -2.04. The summed E-state index contributed by atoms with van der Waals surface area (Å²) < 4.78 is 27.5. The van der Waals surface area contributed by atoms with Crippen LogP contribution >= 0.6 is 0 Å². The number of aryl methyl sites for hydroxylation is 1. The van der Waals surface area contributed by atoms with E-state index in [0.29, 0.717) is 12.1 Å². The van der Waals surface area contributed by atoms with Gasteiger partial charge in [0.1, 0.15) is 11.5 Å². The van der Waals surface area contributed by atoms with Crippen molar-refractivity contribution in [1.82, 2.24) is 4.98 Å². The molecule has 0 bridgehead atoms. The van der Waals surface area contributed by atoms with E-state index in [1.807, 2.05) is 30.5 Å². The number of hydrogen-bond acceptors (Lipinski definition) is 1. The third-order valence-corrected chi connectivity index (χ3v) is 3.37. The number of fused-ring (bicyclic) bond motifs is 1. The van der Waals surface area contributed by atoms with Gasteiger partial charge in [0.15, 0.2) is 5.82 Å². The minimum atomic E-state index is -0.573. The first-order valence-corrected chi connectivity index (χ1v) is 6.39. The van der Waals surface area contributed by atoms with Crippen LogP contribution in [0.3, 0.4) is 0 Å². The Morgan fingerprint density at radius 1 is 1.10 bits per heavy atom. The Hall–Kier alpha value is -2.36. The molecule has 0 saturated carbocycles. The average Bonchev–Trinajstić information content (AvgIpc) is 2.90. The average molecular weight is 272 g/mol. The molecule has 0 atom stereocenters. The summed E-state index contributed by atoms with van der Waals surface area (Å²) in [6.45, 7) is 1.99. The second kappa shape index (κ2) is 4.96. The summed E-state index contributed by atoms with van der Waals surface area (Å²) in [7, 11) is 0. The van der Waals surface area contributed by atoms with Crippen LogP contribution in [0.15, 0.2) is 42.6 Å². The number of rotatable bonds is 3. The first-order valence-electron chi connectivity index (χ1n) is 6.39. The zero-order valence-electron chi connectivity index (χ0n) is 11.0. The highest BCUT2D eigenvalue weighted by atomic mass is 19.1. The van der Waals surface area contributed by atoms with Crippen LogP contribution < -0.4 is 5.32 Å². The molecule has 0 amide bonds. The van der Waals surface area contributed by atoms with Gasteiger partial charge < -0.3 is 10.3 Å². The van der Waals surface area contributed by atoms with Gasteiger partial charge in [-0.1, -0.05) is 12.1 Å². The number of nitrogens with one attached hydrogen (secondary N) is 2. The van der Waals surface area contributed by atoms with Crippen molar-refractivity contribution in [2.45, 2.75) is 13.5 Å². The summed E-state index contributed by atoms with van der Waals surface area (Å²) in [6, 6.07) is 10.5. The molecular formula is C16H14F2N2. The Bertz CT molecular complexity index is 762. The minimum absolute atomic E-state index is 0.0702. The molecule has 3 rings (SSSR count). The number of H-pyrrole nitrogens is 1. The fourth-order valence-electron chi connectivity index (χ4n) is 2.22. The van der Waals surface area contributed by atoms with Gasteiger partial charge in [-0.25, -0.2) is 8.78 Å². The number of halogens is 2.